The molecule has 0 unspecified atom stereocenters. The average molecular weight is 467 g/mol. The predicted octanol–water partition coefficient (Wildman–Crippen LogP) is 8.54. The van der Waals surface area contributed by atoms with Crippen LogP contribution in [0.3, 0.4) is 0 Å². The minimum atomic E-state index is -0.317. The van der Waals surface area contributed by atoms with Gasteiger partial charge in [-0.25, -0.2) is 0 Å². The van der Waals surface area contributed by atoms with Crippen molar-refractivity contribution in [2.45, 2.75) is 0 Å². The Morgan fingerprint density at radius 2 is 1.17 bits per heavy atom. The van der Waals surface area contributed by atoms with E-state index in [1.165, 1.54) is 0 Å². The lowest BCUT2D eigenvalue weighted by Crippen LogP contribution is -1.97. The van der Waals surface area contributed by atoms with Gasteiger partial charge in [-0.05, 0) is 47.0 Å². The van der Waals surface area contributed by atoms with Crippen LogP contribution in [0.1, 0.15) is 0 Å². The zero-order valence-electron chi connectivity index (χ0n) is 19.4. The maximum absolute atomic E-state index is 11.8. The van der Waals surface area contributed by atoms with Gasteiger partial charge in [0.15, 0.2) is 0 Å². The summed E-state index contributed by atoms with van der Waals surface area (Å²) < 4.78 is 2.29. The van der Waals surface area contributed by atoms with Gasteiger partial charge in [0.25, 0.3) is 5.69 Å². The Balaban J connectivity index is 1.75. The molecule has 0 spiro atoms. The molecule has 6 rings (SSSR count). The van der Waals surface area contributed by atoms with E-state index < -0.39 is 0 Å². The first kappa shape index (κ1) is 21.6. The van der Waals surface area contributed by atoms with Crippen molar-refractivity contribution in [1.29, 1.82) is 0 Å². The van der Waals surface area contributed by atoms with Crippen molar-refractivity contribution in [3.63, 3.8) is 0 Å². The summed E-state index contributed by atoms with van der Waals surface area (Å²) in [5.74, 6) is 0. The predicted molar refractivity (Wildman–Crippen MR) is 146 cm³/mol. The third kappa shape index (κ3) is 3.65. The van der Waals surface area contributed by atoms with Crippen LogP contribution in [0.25, 0.3) is 50.1 Å². The molecule has 0 amide bonds. The van der Waals surface area contributed by atoms with Crippen LogP contribution in [0.5, 0.6) is 0 Å². The number of hydrogen-bond donors (Lipinski definition) is 0. The highest BCUT2D eigenvalue weighted by Gasteiger charge is 2.23. The van der Waals surface area contributed by atoms with E-state index in [0.717, 1.165) is 44.5 Å². The summed E-state index contributed by atoms with van der Waals surface area (Å²) >= 11 is 0. The van der Waals surface area contributed by atoms with Gasteiger partial charge in [-0.3, -0.25) is 10.1 Å². The monoisotopic (exact) mass is 466 g/mol. The Morgan fingerprint density at radius 3 is 1.83 bits per heavy atom. The van der Waals surface area contributed by atoms with E-state index >= 15 is 0 Å². The Labute approximate surface area is 208 Å². The van der Waals surface area contributed by atoms with Gasteiger partial charge in [0.2, 0.25) is 0 Å². The number of para-hydroxylation sites is 2. The molecule has 0 bridgehead atoms. The van der Waals surface area contributed by atoms with Gasteiger partial charge in [0.1, 0.15) is 0 Å². The van der Waals surface area contributed by atoms with Crippen LogP contribution in [0.4, 0.5) is 5.69 Å². The Morgan fingerprint density at radius 1 is 0.583 bits per heavy atom. The minimum Gasteiger partial charge on any atom is -0.309 e. The van der Waals surface area contributed by atoms with Crippen LogP contribution in [0.2, 0.25) is 0 Å². The van der Waals surface area contributed by atoms with Crippen LogP contribution >= 0.6 is 0 Å². The normalized spacial score (nSPS) is 11.0. The largest absolute Gasteiger partial charge is 0.309 e. The summed E-state index contributed by atoms with van der Waals surface area (Å²) in [6.45, 7) is 0. The molecule has 0 aliphatic heterocycles. The minimum absolute atomic E-state index is 0.101. The van der Waals surface area contributed by atoms with E-state index in [9.17, 15) is 10.1 Å². The summed E-state index contributed by atoms with van der Waals surface area (Å²) in [6.07, 6.45) is 0. The van der Waals surface area contributed by atoms with E-state index in [1.807, 2.05) is 60.7 Å². The number of nitrogens with zero attached hydrogens (tertiary/aromatic N) is 2. The zero-order chi connectivity index (χ0) is 24.5. The first-order valence-electron chi connectivity index (χ1n) is 11.8. The van der Waals surface area contributed by atoms with E-state index in [0.29, 0.717) is 5.56 Å². The molecule has 4 nitrogen and oxygen atoms in total. The smallest absolute Gasteiger partial charge is 0.277 e. The lowest BCUT2D eigenvalue weighted by atomic mass is 9.96. The second-order valence-electron chi connectivity index (χ2n) is 8.63. The summed E-state index contributed by atoms with van der Waals surface area (Å²) in [7, 11) is 0. The molecule has 0 fully saturated rings. The summed E-state index contributed by atoms with van der Waals surface area (Å²) in [5.41, 5.74) is 8.00. The SMILES string of the molecule is O=[N+]([O-])c1ccccc1-c1ccc2c(c1)c(-c1ccccc1)c(-c1ccccc1)n2-c1ccccc1. The van der Waals surface area contributed by atoms with Gasteiger partial charge < -0.3 is 4.57 Å². The van der Waals surface area contributed by atoms with E-state index in [-0.39, 0.29) is 10.6 Å². The molecule has 36 heavy (non-hydrogen) atoms. The number of benzene rings is 5. The second-order valence-corrected chi connectivity index (χ2v) is 8.63. The molecule has 0 radical (unpaired) electrons. The van der Waals surface area contributed by atoms with Crippen molar-refractivity contribution in [3.8, 4) is 39.2 Å². The third-order valence-electron chi connectivity index (χ3n) is 6.50. The highest BCUT2D eigenvalue weighted by atomic mass is 16.6. The summed E-state index contributed by atoms with van der Waals surface area (Å²) in [4.78, 5) is 11.5. The number of fused-ring (bicyclic) bond motifs is 1. The van der Waals surface area contributed by atoms with Gasteiger partial charge in [-0.1, -0.05) is 97.1 Å². The van der Waals surface area contributed by atoms with Crippen molar-refractivity contribution >= 4 is 16.6 Å². The fraction of sp³-hybridized carbons (Fsp3) is 0. The highest BCUT2D eigenvalue weighted by molar-refractivity contribution is 6.07. The van der Waals surface area contributed by atoms with Crippen LogP contribution in [0.15, 0.2) is 133 Å². The van der Waals surface area contributed by atoms with E-state index in [2.05, 4.69) is 65.2 Å². The molecule has 172 valence electrons. The molecule has 0 saturated heterocycles. The first-order chi connectivity index (χ1) is 17.7. The first-order valence-corrected chi connectivity index (χ1v) is 11.8. The summed E-state index contributed by atoms with van der Waals surface area (Å²) in [6, 6.07) is 44.1. The van der Waals surface area contributed by atoms with E-state index in [1.54, 1.807) is 12.1 Å². The maximum Gasteiger partial charge on any atom is 0.277 e. The third-order valence-corrected chi connectivity index (χ3v) is 6.50. The quantitative estimate of drug-likeness (QED) is 0.189. The number of rotatable bonds is 5. The number of hydrogen-bond acceptors (Lipinski definition) is 2. The lowest BCUT2D eigenvalue weighted by Gasteiger charge is -2.13. The lowest BCUT2D eigenvalue weighted by molar-refractivity contribution is -0.384. The number of nitro benzene ring substituents is 1. The van der Waals surface area contributed by atoms with Crippen molar-refractivity contribution in [3.05, 3.63) is 144 Å². The molecule has 5 aromatic carbocycles. The molecule has 0 saturated carbocycles. The molecule has 4 heteroatoms. The van der Waals surface area contributed by atoms with Crippen molar-refractivity contribution in [1.82, 2.24) is 4.57 Å². The van der Waals surface area contributed by atoms with Crippen LogP contribution in [-0.4, -0.2) is 9.49 Å². The Kier molecular flexibility index (Phi) is 5.39. The Bertz CT molecular complexity index is 1690. The van der Waals surface area contributed by atoms with Crippen molar-refractivity contribution in [2.75, 3.05) is 0 Å². The van der Waals surface area contributed by atoms with E-state index in [4.69, 9.17) is 0 Å². The molecule has 1 aromatic heterocycles. The van der Waals surface area contributed by atoms with Gasteiger partial charge in [0.05, 0.1) is 21.7 Å². The van der Waals surface area contributed by atoms with Crippen LogP contribution in [-0.2, 0) is 0 Å². The Hall–Kier alpha value is -4.96. The molecule has 0 atom stereocenters. The van der Waals surface area contributed by atoms with Crippen LogP contribution < -0.4 is 0 Å². The van der Waals surface area contributed by atoms with Gasteiger partial charge in [-0.2, -0.15) is 0 Å². The number of nitro groups is 1. The van der Waals surface area contributed by atoms with Crippen molar-refractivity contribution in [2.24, 2.45) is 0 Å². The standard InChI is InChI=1S/C32H22N2O2/c35-34(36)30-19-11-10-18-27(30)25-20-21-29-28(22-25)31(23-12-4-1-5-13-23)32(24-14-6-2-7-15-24)33(29)26-16-8-3-9-17-26/h1-22H. The molecular weight excluding hydrogens is 444 g/mol. The fourth-order valence-corrected chi connectivity index (χ4v) is 4.95. The second kappa shape index (κ2) is 9.01. The van der Waals surface area contributed by atoms with Crippen molar-refractivity contribution < 1.29 is 4.92 Å². The van der Waals surface area contributed by atoms with Crippen LogP contribution in [0, 0.1) is 10.1 Å². The molecule has 1 heterocycles. The maximum atomic E-state index is 11.8. The van der Waals surface area contributed by atoms with Gasteiger partial charge in [0, 0.05) is 22.7 Å². The topological polar surface area (TPSA) is 48.1 Å². The summed E-state index contributed by atoms with van der Waals surface area (Å²) in [5, 5.41) is 12.8. The molecule has 6 aromatic rings. The number of aromatic nitrogens is 1. The molecule has 0 aliphatic carbocycles. The zero-order valence-corrected chi connectivity index (χ0v) is 19.4. The van der Waals surface area contributed by atoms with Gasteiger partial charge >= 0.3 is 0 Å². The average Bonchev–Trinajstić information content (AvgIpc) is 3.29. The van der Waals surface area contributed by atoms with Gasteiger partial charge in [-0.15, -0.1) is 0 Å². The molecular formula is C32H22N2O2. The molecule has 0 N–H and O–H groups in total. The fourth-order valence-electron chi connectivity index (χ4n) is 4.95. The molecule has 0 aliphatic rings. The highest BCUT2D eigenvalue weighted by Crippen LogP contribution is 2.44.